The molecular formula is C19H24N4O3. The van der Waals surface area contributed by atoms with Crippen molar-refractivity contribution in [2.75, 3.05) is 43.7 Å². The fraction of sp³-hybridized carbons (Fsp3) is 0.474. The molecule has 1 aromatic carbocycles. The van der Waals surface area contributed by atoms with Crippen LogP contribution in [0.4, 0.5) is 16.2 Å². The van der Waals surface area contributed by atoms with Crippen LogP contribution in [0.15, 0.2) is 36.7 Å². The maximum Gasteiger partial charge on any atom is 0.326 e. The second-order valence-corrected chi connectivity index (χ2v) is 6.91. The molecule has 1 spiro atoms. The molecule has 2 aliphatic rings. The molecule has 3 heterocycles. The lowest BCUT2D eigenvalue weighted by molar-refractivity contribution is 0.0557. The molecule has 0 saturated carbocycles. The number of hydrogen-bond acceptors (Lipinski definition) is 4. The van der Waals surface area contributed by atoms with Gasteiger partial charge in [0.2, 0.25) is 0 Å². The Bertz CT molecular complexity index is 783. The molecule has 1 saturated heterocycles. The van der Waals surface area contributed by atoms with Crippen molar-refractivity contribution in [3.05, 3.63) is 42.2 Å². The van der Waals surface area contributed by atoms with Crippen LogP contribution in [0.2, 0.25) is 0 Å². The molecule has 7 heteroatoms. The number of carbonyl (C=O) groups is 1. The number of carbonyl (C=O) groups excluding carboxylic acids is 1. The van der Waals surface area contributed by atoms with Gasteiger partial charge in [0.15, 0.2) is 0 Å². The number of urea groups is 1. The number of methoxy groups -OCH3 is 1. The number of amides is 2. The number of para-hydroxylation sites is 1. The molecule has 0 radical (unpaired) electrons. The van der Waals surface area contributed by atoms with Crippen molar-refractivity contribution in [3.8, 4) is 0 Å². The molecule has 0 atom stereocenters. The Balaban J connectivity index is 1.52. The number of rotatable bonds is 4. The maximum atomic E-state index is 12.9. The van der Waals surface area contributed by atoms with Crippen molar-refractivity contribution < 1.29 is 14.3 Å². The van der Waals surface area contributed by atoms with Crippen LogP contribution in [0.5, 0.6) is 0 Å². The summed E-state index contributed by atoms with van der Waals surface area (Å²) in [6.45, 7) is 3.42. The Kier molecular flexibility index (Phi) is 4.65. The number of fused-ring (bicyclic) bond motifs is 2. The van der Waals surface area contributed by atoms with E-state index in [9.17, 15) is 4.79 Å². The van der Waals surface area contributed by atoms with Crippen molar-refractivity contribution in [2.45, 2.75) is 24.8 Å². The van der Waals surface area contributed by atoms with E-state index in [1.165, 1.54) is 5.56 Å². The fourth-order valence-corrected chi connectivity index (χ4v) is 3.93. The van der Waals surface area contributed by atoms with Gasteiger partial charge >= 0.3 is 6.03 Å². The van der Waals surface area contributed by atoms with E-state index >= 15 is 0 Å². The van der Waals surface area contributed by atoms with E-state index in [4.69, 9.17) is 9.47 Å². The van der Waals surface area contributed by atoms with Crippen molar-refractivity contribution in [3.63, 3.8) is 0 Å². The lowest BCUT2D eigenvalue weighted by atomic mass is 9.76. The van der Waals surface area contributed by atoms with Crippen LogP contribution in [-0.2, 0) is 21.4 Å². The predicted molar refractivity (Wildman–Crippen MR) is 98.6 cm³/mol. The summed E-state index contributed by atoms with van der Waals surface area (Å²) in [6, 6.07) is 8.10. The first-order valence-corrected chi connectivity index (χ1v) is 8.99. The highest BCUT2D eigenvalue weighted by atomic mass is 16.5. The molecular weight excluding hydrogens is 332 g/mol. The van der Waals surface area contributed by atoms with E-state index in [1.54, 1.807) is 18.0 Å². The molecule has 1 fully saturated rings. The molecule has 2 aromatic rings. The summed E-state index contributed by atoms with van der Waals surface area (Å²) in [5.41, 5.74) is 2.96. The van der Waals surface area contributed by atoms with Gasteiger partial charge in [0.25, 0.3) is 0 Å². The van der Waals surface area contributed by atoms with E-state index < -0.39 is 0 Å². The standard InChI is InChI=1S/C19H24N4O3/c1-25-11-8-22-13-15(12-20-22)21-18(24)23-14-19(6-9-26-10-7-19)16-4-2-3-5-17(16)23/h2-5,12-13H,6-11,14H2,1H3,(H,21,24). The lowest BCUT2D eigenvalue weighted by Crippen LogP contribution is -2.42. The van der Waals surface area contributed by atoms with Gasteiger partial charge in [0, 0.05) is 44.2 Å². The zero-order valence-corrected chi connectivity index (χ0v) is 15.0. The van der Waals surface area contributed by atoms with Crippen LogP contribution in [0.1, 0.15) is 18.4 Å². The summed E-state index contributed by atoms with van der Waals surface area (Å²) in [4.78, 5) is 14.8. The number of anilines is 2. The fourth-order valence-electron chi connectivity index (χ4n) is 3.93. The number of benzene rings is 1. The van der Waals surface area contributed by atoms with E-state index in [1.807, 2.05) is 23.2 Å². The van der Waals surface area contributed by atoms with Gasteiger partial charge in [-0.05, 0) is 24.5 Å². The molecule has 0 unspecified atom stereocenters. The van der Waals surface area contributed by atoms with Crippen LogP contribution in [0.3, 0.4) is 0 Å². The summed E-state index contributed by atoms with van der Waals surface area (Å²) in [5.74, 6) is 0. The lowest BCUT2D eigenvalue weighted by Gasteiger charge is -2.34. The van der Waals surface area contributed by atoms with Gasteiger partial charge in [0.05, 0.1) is 25.0 Å². The molecule has 4 rings (SSSR count). The van der Waals surface area contributed by atoms with E-state index in [0.29, 0.717) is 25.4 Å². The minimum atomic E-state index is -0.118. The minimum absolute atomic E-state index is 0.00876. The van der Waals surface area contributed by atoms with E-state index in [-0.39, 0.29) is 11.4 Å². The van der Waals surface area contributed by atoms with Gasteiger partial charge in [-0.15, -0.1) is 0 Å². The van der Waals surface area contributed by atoms with Gasteiger partial charge in [-0.2, -0.15) is 5.10 Å². The Morgan fingerprint density at radius 3 is 2.96 bits per heavy atom. The monoisotopic (exact) mass is 356 g/mol. The number of aromatic nitrogens is 2. The Labute approximate surface area is 152 Å². The molecule has 2 aliphatic heterocycles. The minimum Gasteiger partial charge on any atom is -0.383 e. The van der Waals surface area contributed by atoms with Crippen LogP contribution >= 0.6 is 0 Å². The average molecular weight is 356 g/mol. The van der Waals surface area contributed by atoms with Crippen LogP contribution in [-0.4, -0.2) is 49.3 Å². The van der Waals surface area contributed by atoms with Gasteiger partial charge in [-0.1, -0.05) is 18.2 Å². The molecule has 26 heavy (non-hydrogen) atoms. The maximum absolute atomic E-state index is 12.9. The first-order valence-electron chi connectivity index (χ1n) is 8.99. The number of ether oxygens (including phenoxy) is 2. The highest BCUT2D eigenvalue weighted by Crippen LogP contribution is 2.46. The summed E-state index contributed by atoms with van der Waals surface area (Å²) in [5, 5.41) is 7.22. The Hall–Kier alpha value is -2.38. The molecule has 1 aromatic heterocycles. The van der Waals surface area contributed by atoms with Gasteiger partial charge in [-0.25, -0.2) is 4.79 Å². The molecule has 2 amide bonds. The quantitative estimate of drug-likeness (QED) is 0.914. The second kappa shape index (κ2) is 7.09. The largest absolute Gasteiger partial charge is 0.383 e. The Morgan fingerprint density at radius 1 is 1.35 bits per heavy atom. The van der Waals surface area contributed by atoms with Crippen molar-refractivity contribution in [2.24, 2.45) is 0 Å². The third-order valence-electron chi connectivity index (χ3n) is 5.33. The summed E-state index contributed by atoms with van der Waals surface area (Å²) in [7, 11) is 1.66. The molecule has 7 nitrogen and oxygen atoms in total. The third-order valence-corrected chi connectivity index (χ3v) is 5.33. The smallest absolute Gasteiger partial charge is 0.326 e. The topological polar surface area (TPSA) is 68.6 Å². The van der Waals surface area contributed by atoms with Crippen LogP contribution in [0, 0.1) is 0 Å². The highest BCUT2D eigenvalue weighted by molar-refractivity contribution is 6.03. The molecule has 0 bridgehead atoms. The van der Waals surface area contributed by atoms with Gasteiger partial charge in [0.1, 0.15) is 0 Å². The first kappa shape index (κ1) is 17.1. The van der Waals surface area contributed by atoms with Crippen molar-refractivity contribution >= 4 is 17.4 Å². The number of nitrogens with one attached hydrogen (secondary N) is 1. The summed E-state index contributed by atoms with van der Waals surface area (Å²) >= 11 is 0. The van der Waals surface area contributed by atoms with Crippen molar-refractivity contribution in [1.82, 2.24) is 9.78 Å². The van der Waals surface area contributed by atoms with E-state index in [0.717, 1.165) is 31.7 Å². The SMILES string of the molecule is COCCn1cc(NC(=O)N2CC3(CCOCC3)c3ccccc32)cn1. The average Bonchev–Trinajstić information content (AvgIpc) is 3.24. The zero-order chi connectivity index (χ0) is 18.0. The highest BCUT2D eigenvalue weighted by Gasteiger charge is 2.45. The van der Waals surface area contributed by atoms with Crippen LogP contribution < -0.4 is 10.2 Å². The van der Waals surface area contributed by atoms with E-state index in [2.05, 4.69) is 22.5 Å². The summed E-state index contributed by atoms with van der Waals surface area (Å²) < 4.78 is 12.4. The molecule has 138 valence electrons. The molecule has 1 N–H and O–H groups in total. The zero-order valence-electron chi connectivity index (χ0n) is 15.0. The van der Waals surface area contributed by atoms with Crippen molar-refractivity contribution in [1.29, 1.82) is 0 Å². The van der Waals surface area contributed by atoms with Crippen LogP contribution in [0.25, 0.3) is 0 Å². The third kappa shape index (κ3) is 3.08. The number of nitrogens with zero attached hydrogens (tertiary/aromatic N) is 3. The first-order chi connectivity index (χ1) is 12.7. The Morgan fingerprint density at radius 2 is 2.15 bits per heavy atom. The number of hydrogen-bond donors (Lipinski definition) is 1. The second-order valence-electron chi connectivity index (χ2n) is 6.91. The van der Waals surface area contributed by atoms with Gasteiger partial charge < -0.3 is 14.8 Å². The molecule has 0 aliphatic carbocycles. The summed E-state index contributed by atoms with van der Waals surface area (Å²) in [6.07, 6.45) is 5.38. The predicted octanol–water partition coefficient (Wildman–Crippen LogP) is 2.63. The van der Waals surface area contributed by atoms with Gasteiger partial charge in [-0.3, -0.25) is 9.58 Å². The normalized spacial score (nSPS) is 18.1.